The number of nitrogens with zero attached hydrogens (tertiary/aromatic N) is 2. The molecule has 1 aromatic rings. The summed E-state index contributed by atoms with van der Waals surface area (Å²) in [6.07, 6.45) is 8.50. The summed E-state index contributed by atoms with van der Waals surface area (Å²) in [6, 6.07) is 0. The van der Waals surface area contributed by atoms with E-state index in [-0.39, 0.29) is 6.61 Å². The number of nitrogens with one attached hydrogen (secondary N) is 1. The molecule has 0 unspecified atom stereocenters. The third kappa shape index (κ3) is 3.13. The lowest BCUT2D eigenvalue weighted by atomic mass is 10.2. The van der Waals surface area contributed by atoms with Gasteiger partial charge in [-0.25, -0.2) is 9.97 Å². The van der Waals surface area contributed by atoms with Gasteiger partial charge in [0.05, 0.1) is 5.56 Å². The second-order valence-corrected chi connectivity index (χ2v) is 3.28. The van der Waals surface area contributed by atoms with Gasteiger partial charge in [0.2, 0.25) is 5.88 Å². The number of anilines is 1. The van der Waals surface area contributed by atoms with E-state index < -0.39 is 0 Å². The fourth-order valence-corrected chi connectivity index (χ4v) is 1.34. The normalized spacial score (nSPS) is 9.56. The van der Waals surface area contributed by atoms with Crippen molar-refractivity contribution < 1.29 is 4.74 Å². The minimum absolute atomic E-state index is 0.233. The Labute approximate surface area is 96.5 Å². The summed E-state index contributed by atoms with van der Waals surface area (Å²) in [7, 11) is 0. The van der Waals surface area contributed by atoms with Crippen molar-refractivity contribution in [2.75, 3.05) is 18.5 Å². The van der Waals surface area contributed by atoms with Gasteiger partial charge in [-0.2, -0.15) is 0 Å². The zero-order valence-electron chi connectivity index (χ0n) is 9.79. The van der Waals surface area contributed by atoms with Gasteiger partial charge in [0.15, 0.2) is 6.61 Å². The Kier molecular flexibility index (Phi) is 5.13. The Morgan fingerprint density at radius 1 is 1.44 bits per heavy atom. The monoisotopic (exact) mass is 219 g/mol. The molecule has 1 aromatic heterocycles. The average molecular weight is 219 g/mol. The van der Waals surface area contributed by atoms with E-state index in [1.165, 1.54) is 6.33 Å². The van der Waals surface area contributed by atoms with Crippen molar-refractivity contribution in [3.63, 3.8) is 0 Å². The SMILES string of the molecule is C#CCOc1ncnc(NCCC)c1CC. The standard InChI is InChI=1S/C12H17N3O/c1-4-7-13-11-10(6-3)12(15-9-14-11)16-8-5-2/h2,9H,4,6-8H2,1,3H3,(H,13,14,15). The second-order valence-electron chi connectivity index (χ2n) is 3.28. The molecule has 0 aliphatic heterocycles. The fraction of sp³-hybridized carbons (Fsp3) is 0.500. The van der Waals surface area contributed by atoms with Gasteiger partial charge < -0.3 is 10.1 Å². The minimum atomic E-state index is 0.233. The van der Waals surface area contributed by atoms with E-state index in [9.17, 15) is 0 Å². The Morgan fingerprint density at radius 3 is 2.88 bits per heavy atom. The summed E-state index contributed by atoms with van der Waals surface area (Å²) >= 11 is 0. The van der Waals surface area contributed by atoms with E-state index in [4.69, 9.17) is 11.2 Å². The molecule has 86 valence electrons. The van der Waals surface area contributed by atoms with Crippen molar-refractivity contribution in [1.29, 1.82) is 0 Å². The maximum absolute atomic E-state index is 5.37. The van der Waals surface area contributed by atoms with E-state index in [1.807, 2.05) is 6.92 Å². The molecular weight excluding hydrogens is 202 g/mol. The number of hydrogen-bond acceptors (Lipinski definition) is 4. The number of aromatic nitrogens is 2. The average Bonchev–Trinajstić information content (AvgIpc) is 2.33. The van der Waals surface area contributed by atoms with Crippen LogP contribution in [-0.2, 0) is 6.42 Å². The second kappa shape index (κ2) is 6.67. The molecular formula is C12H17N3O. The molecule has 0 fully saturated rings. The maximum atomic E-state index is 5.37. The first-order valence-electron chi connectivity index (χ1n) is 5.47. The van der Waals surface area contributed by atoms with Crippen molar-refractivity contribution >= 4 is 5.82 Å². The van der Waals surface area contributed by atoms with Gasteiger partial charge in [-0.15, -0.1) is 6.42 Å². The molecule has 0 bridgehead atoms. The first-order valence-corrected chi connectivity index (χ1v) is 5.47. The highest BCUT2D eigenvalue weighted by atomic mass is 16.5. The molecule has 0 saturated heterocycles. The van der Waals surface area contributed by atoms with Gasteiger partial charge in [-0.3, -0.25) is 0 Å². The molecule has 1 rings (SSSR count). The summed E-state index contributed by atoms with van der Waals surface area (Å²) in [5.41, 5.74) is 0.978. The molecule has 1 heterocycles. The summed E-state index contributed by atoms with van der Waals surface area (Å²) < 4.78 is 5.37. The number of terminal acetylenes is 1. The van der Waals surface area contributed by atoms with Gasteiger partial charge in [0.1, 0.15) is 12.1 Å². The van der Waals surface area contributed by atoms with Gasteiger partial charge in [-0.1, -0.05) is 19.8 Å². The zero-order chi connectivity index (χ0) is 11.8. The lowest BCUT2D eigenvalue weighted by molar-refractivity contribution is 0.351. The van der Waals surface area contributed by atoms with E-state index in [0.717, 1.165) is 30.8 Å². The lowest BCUT2D eigenvalue weighted by Crippen LogP contribution is -2.08. The number of rotatable bonds is 6. The van der Waals surface area contributed by atoms with Crippen LogP contribution in [0.25, 0.3) is 0 Å². The van der Waals surface area contributed by atoms with Crippen molar-refractivity contribution in [2.24, 2.45) is 0 Å². The maximum Gasteiger partial charge on any atom is 0.222 e. The first-order chi connectivity index (χ1) is 7.83. The summed E-state index contributed by atoms with van der Waals surface area (Å²) in [4.78, 5) is 8.29. The molecule has 0 spiro atoms. The lowest BCUT2D eigenvalue weighted by Gasteiger charge is -2.12. The summed E-state index contributed by atoms with van der Waals surface area (Å²) in [5.74, 6) is 3.84. The van der Waals surface area contributed by atoms with Gasteiger partial charge in [0, 0.05) is 6.54 Å². The van der Waals surface area contributed by atoms with Crippen LogP contribution >= 0.6 is 0 Å². The number of ether oxygens (including phenoxy) is 1. The smallest absolute Gasteiger partial charge is 0.222 e. The van der Waals surface area contributed by atoms with E-state index >= 15 is 0 Å². The van der Waals surface area contributed by atoms with Crippen molar-refractivity contribution in [3.8, 4) is 18.2 Å². The molecule has 16 heavy (non-hydrogen) atoms. The Bertz CT molecular complexity index is 371. The minimum Gasteiger partial charge on any atom is -0.464 e. The first kappa shape index (κ1) is 12.3. The van der Waals surface area contributed by atoms with Crippen LogP contribution in [0.1, 0.15) is 25.8 Å². The van der Waals surface area contributed by atoms with Crippen LogP contribution in [0.3, 0.4) is 0 Å². The molecule has 0 radical (unpaired) electrons. The van der Waals surface area contributed by atoms with Crippen molar-refractivity contribution in [3.05, 3.63) is 11.9 Å². The molecule has 0 saturated carbocycles. The summed E-state index contributed by atoms with van der Waals surface area (Å²) in [6.45, 7) is 5.27. The summed E-state index contributed by atoms with van der Waals surface area (Å²) in [5, 5.41) is 3.25. The van der Waals surface area contributed by atoms with Gasteiger partial charge in [0.25, 0.3) is 0 Å². The fourth-order valence-electron chi connectivity index (χ4n) is 1.34. The highest BCUT2D eigenvalue weighted by Crippen LogP contribution is 2.22. The zero-order valence-corrected chi connectivity index (χ0v) is 9.79. The molecule has 0 atom stereocenters. The predicted octanol–water partition coefficient (Wildman–Crippen LogP) is 1.87. The third-order valence-electron chi connectivity index (χ3n) is 2.09. The topological polar surface area (TPSA) is 47.0 Å². The van der Waals surface area contributed by atoms with E-state index in [1.54, 1.807) is 0 Å². The van der Waals surface area contributed by atoms with Gasteiger partial charge >= 0.3 is 0 Å². The van der Waals surface area contributed by atoms with Crippen LogP contribution in [0.15, 0.2) is 6.33 Å². The predicted molar refractivity (Wildman–Crippen MR) is 64.5 cm³/mol. The molecule has 0 aliphatic carbocycles. The van der Waals surface area contributed by atoms with Crippen LogP contribution in [0, 0.1) is 12.3 Å². The van der Waals surface area contributed by atoms with Gasteiger partial charge in [-0.05, 0) is 12.8 Å². The molecule has 0 amide bonds. The van der Waals surface area contributed by atoms with E-state index in [0.29, 0.717) is 5.88 Å². The molecule has 0 aliphatic rings. The quantitative estimate of drug-likeness (QED) is 0.742. The van der Waals surface area contributed by atoms with Crippen LogP contribution in [-0.4, -0.2) is 23.1 Å². The molecule has 1 N–H and O–H groups in total. The Balaban J connectivity index is 2.87. The Hall–Kier alpha value is -1.76. The van der Waals surface area contributed by atoms with Crippen molar-refractivity contribution in [1.82, 2.24) is 9.97 Å². The largest absolute Gasteiger partial charge is 0.464 e. The highest BCUT2D eigenvalue weighted by molar-refractivity contribution is 5.48. The molecule has 0 aromatic carbocycles. The molecule has 4 heteroatoms. The van der Waals surface area contributed by atoms with Crippen LogP contribution in [0.2, 0.25) is 0 Å². The molecule has 4 nitrogen and oxygen atoms in total. The third-order valence-corrected chi connectivity index (χ3v) is 2.09. The van der Waals surface area contributed by atoms with Crippen LogP contribution < -0.4 is 10.1 Å². The number of hydrogen-bond donors (Lipinski definition) is 1. The van der Waals surface area contributed by atoms with Crippen LogP contribution in [0.5, 0.6) is 5.88 Å². The van der Waals surface area contributed by atoms with Crippen LogP contribution in [0.4, 0.5) is 5.82 Å². The van der Waals surface area contributed by atoms with Crippen molar-refractivity contribution in [2.45, 2.75) is 26.7 Å². The Morgan fingerprint density at radius 2 is 2.25 bits per heavy atom. The highest BCUT2D eigenvalue weighted by Gasteiger charge is 2.09. The van der Waals surface area contributed by atoms with E-state index in [2.05, 4.69) is 28.1 Å².